The molecule has 1 aliphatic rings. The minimum Gasteiger partial charge on any atom is -0.459 e. The number of nitrogens with one attached hydrogen (secondary N) is 1. The predicted molar refractivity (Wildman–Crippen MR) is 48.4 cm³/mol. The third-order valence-electron chi connectivity index (χ3n) is 2.56. The van der Waals surface area contributed by atoms with E-state index in [-0.39, 0.29) is 11.3 Å². The molecule has 1 saturated carbocycles. The fraction of sp³-hybridized carbons (Fsp3) is 0.500. The van der Waals surface area contributed by atoms with E-state index >= 15 is 0 Å². The van der Waals surface area contributed by atoms with Crippen molar-refractivity contribution in [2.45, 2.75) is 26.3 Å². The summed E-state index contributed by atoms with van der Waals surface area (Å²) in [6, 6.07) is 3.70. The van der Waals surface area contributed by atoms with Gasteiger partial charge in [-0.05, 0) is 24.0 Å². The number of amides is 1. The van der Waals surface area contributed by atoms with Gasteiger partial charge in [-0.1, -0.05) is 13.8 Å². The van der Waals surface area contributed by atoms with E-state index in [1.165, 1.54) is 6.26 Å². The number of furan rings is 1. The molecule has 1 amide bonds. The Morgan fingerprint density at radius 1 is 1.69 bits per heavy atom. The second-order valence-corrected chi connectivity index (χ2v) is 4.20. The highest BCUT2D eigenvalue weighted by Crippen LogP contribution is 2.44. The van der Waals surface area contributed by atoms with E-state index in [1.54, 1.807) is 12.1 Å². The zero-order valence-corrected chi connectivity index (χ0v) is 7.83. The van der Waals surface area contributed by atoms with Crippen molar-refractivity contribution >= 4 is 5.91 Å². The van der Waals surface area contributed by atoms with Crippen molar-refractivity contribution in [1.82, 2.24) is 5.32 Å². The standard InChI is InChI=1S/C10H13NO2/c1-10(2)6-8(10)11-9(12)7-4-3-5-13-7/h3-5,8H,6H2,1-2H3,(H,11,12). The molecular weight excluding hydrogens is 166 g/mol. The topological polar surface area (TPSA) is 42.2 Å². The molecule has 0 saturated heterocycles. The maximum absolute atomic E-state index is 11.4. The Balaban J connectivity index is 1.94. The van der Waals surface area contributed by atoms with Crippen LogP contribution in [0.5, 0.6) is 0 Å². The molecule has 1 heterocycles. The van der Waals surface area contributed by atoms with Crippen molar-refractivity contribution in [2.24, 2.45) is 5.41 Å². The van der Waals surface area contributed by atoms with Crippen molar-refractivity contribution in [3.05, 3.63) is 24.2 Å². The van der Waals surface area contributed by atoms with Crippen molar-refractivity contribution in [3.63, 3.8) is 0 Å². The molecule has 0 aliphatic heterocycles. The lowest BCUT2D eigenvalue weighted by Gasteiger charge is -2.04. The summed E-state index contributed by atoms with van der Waals surface area (Å²) < 4.78 is 4.98. The molecule has 1 unspecified atom stereocenters. The first-order valence-electron chi connectivity index (χ1n) is 4.44. The second-order valence-electron chi connectivity index (χ2n) is 4.20. The van der Waals surface area contributed by atoms with Crippen molar-refractivity contribution in [2.75, 3.05) is 0 Å². The molecule has 1 aromatic heterocycles. The SMILES string of the molecule is CC1(C)CC1NC(=O)c1ccco1. The number of hydrogen-bond acceptors (Lipinski definition) is 2. The van der Waals surface area contributed by atoms with Crippen LogP contribution in [0.2, 0.25) is 0 Å². The van der Waals surface area contributed by atoms with Crippen LogP contribution in [0, 0.1) is 5.41 Å². The average molecular weight is 179 g/mol. The first kappa shape index (κ1) is 8.35. The molecule has 2 rings (SSSR count). The van der Waals surface area contributed by atoms with Crippen molar-refractivity contribution in [3.8, 4) is 0 Å². The Morgan fingerprint density at radius 3 is 2.85 bits per heavy atom. The lowest BCUT2D eigenvalue weighted by atomic mass is 10.2. The third-order valence-corrected chi connectivity index (χ3v) is 2.56. The maximum Gasteiger partial charge on any atom is 0.287 e. The van der Waals surface area contributed by atoms with Gasteiger partial charge in [0.1, 0.15) is 0 Å². The summed E-state index contributed by atoms with van der Waals surface area (Å²) in [6.45, 7) is 4.28. The van der Waals surface area contributed by atoms with E-state index in [0.29, 0.717) is 11.8 Å². The summed E-state index contributed by atoms with van der Waals surface area (Å²) in [5, 5.41) is 2.91. The molecule has 70 valence electrons. The molecule has 1 N–H and O–H groups in total. The minimum absolute atomic E-state index is 0.111. The molecule has 1 fully saturated rings. The van der Waals surface area contributed by atoms with E-state index in [0.717, 1.165) is 6.42 Å². The van der Waals surface area contributed by atoms with Crippen molar-refractivity contribution < 1.29 is 9.21 Å². The normalized spacial score (nSPS) is 24.0. The molecule has 13 heavy (non-hydrogen) atoms. The van der Waals surface area contributed by atoms with Crippen LogP contribution in [0.25, 0.3) is 0 Å². The Hall–Kier alpha value is -1.25. The van der Waals surface area contributed by atoms with Gasteiger partial charge in [-0.2, -0.15) is 0 Å². The van der Waals surface area contributed by atoms with Gasteiger partial charge in [-0.15, -0.1) is 0 Å². The molecule has 3 heteroatoms. The summed E-state index contributed by atoms with van der Waals surface area (Å²) in [6.07, 6.45) is 2.56. The monoisotopic (exact) mass is 179 g/mol. The van der Waals surface area contributed by atoms with Gasteiger partial charge in [0.25, 0.3) is 5.91 Å². The summed E-state index contributed by atoms with van der Waals surface area (Å²) in [7, 11) is 0. The van der Waals surface area contributed by atoms with Crippen LogP contribution in [0.4, 0.5) is 0 Å². The third kappa shape index (κ3) is 1.59. The average Bonchev–Trinajstić information content (AvgIpc) is 2.58. The minimum atomic E-state index is -0.111. The van der Waals surface area contributed by atoms with Gasteiger partial charge in [0.2, 0.25) is 0 Å². The van der Waals surface area contributed by atoms with Crippen LogP contribution in [0.15, 0.2) is 22.8 Å². The Labute approximate surface area is 77.1 Å². The van der Waals surface area contributed by atoms with Gasteiger partial charge < -0.3 is 9.73 Å². The van der Waals surface area contributed by atoms with E-state index < -0.39 is 0 Å². The quantitative estimate of drug-likeness (QED) is 0.752. The fourth-order valence-electron chi connectivity index (χ4n) is 1.35. The lowest BCUT2D eigenvalue weighted by molar-refractivity contribution is 0.0918. The van der Waals surface area contributed by atoms with Gasteiger partial charge in [0.15, 0.2) is 5.76 Å². The summed E-state index contributed by atoms with van der Waals surface area (Å²) >= 11 is 0. The van der Waals surface area contributed by atoms with E-state index in [1.807, 2.05) is 0 Å². The Morgan fingerprint density at radius 2 is 2.38 bits per heavy atom. The lowest BCUT2D eigenvalue weighted by Crippen LogP contribution is -2.27. The first-order valence-corrected chi connectivity index (χ1v) is 4.44. The number of rotatable bonds is 2. The highest BCUT2D eigenvalue weighted by atomic mass is 16.3. The predicted octanol–water partition coefficient (Wildman–Crippen LogP) is 1.81. The zero-order chi connectivity index (χ0) is 9.47. The second kappa shape index (κ2) is 2.62. The molecule has 1 aliphatic carbocycles. The van der Waals surface area contributed by atoms with E-state index in [9.17, 15) is 4.79 Å². The number of carbonyl (C=O) groups excluding carboxylic acids is 1. The van der Waals surface area contributed by atoms with Crippen LogP contribution in [-0.2, 0) is 0 Å². The van der Waals surface area contributed by atoms with E-state index in [2.05, 4.69) is 19.2 Å². The number of hydrogen-bond donors (Lipinski definition) is 1. The largest absolute Gasteiger partial charge is 0.459 e. The maximum atomic E-state index is 11.4. The molecular formula is C10H13NO2. The van der Waals surface area contributed by atoms with Gasteiger partial charge in [-0.25, -0.2) is 0 Å². The fourth-order valence-corrected chi connectivity index (χ4v) is 1.35. The molecule has 1 atom stereocenters. The van der Waals surface area contributed by atoms with Gasteiger partial charge in [-0.3, -0.25) is 4.79 Å². The summed E-state index contributed by atoms with van der Waals surface area (Å²) in [5.74, 6) is 0.281. The zero-order valence-electron chi connectivity index (χ0n) is 7.83. The van der Waals surface area contributed by atoms with Crippen LogP contribution >= 0.6 is 0 Å². The molecule has 0 radical (unpaired) electrons. The van der Waals surface area contributed by atoms with Gasteiger partial charge >= 0.3 is 0 Å². The highest BCUT2D eigenvalue weighted by molar-refractivity contribution is 5.91. The Bertz CT molecular complexity index is 314. The van der Waals surface area contributed by atoms with E-state index in [4.69, 9.17) is 4.42 Å². The van der Waals surface area contributed by atoms with Crippen LogP contribution in [0.3, 0.4) is 0 Å². The highest BCUT2D eigenvalue weighted by Gasteiger charge is 2.46. The molecule has 0 spiro atoms. The molecule has 1 aromatic rings. The molecule has 3 nitrogen and oxygen atoms in total. The van der Waals surface area contributed by atoms with Gasteiger partial charge in [0.05, 0.1) is 6.26 Å². The molecule has 0 bridgehead atoms. The Kier molecular flexibility index (Phi) is 1.68. The smallest absolute Gasteiger partial charge is 0.287 e. The van der Waals surface area contributed by atoms with Crippen LogP contribution in [-0.4, -0.2) is 11.9 Å². The van der Waals surface area contributed by atoms with Crippen molar-refractivity contribution in [1.29, 1.82) is 0 Å². The molecule has 0 aromatic carbocycles. The number of carbonyl (C=O) groups is 1. The van der Waals surface area contributed by atoms with Crippen LogP contribution in [0.1, 0.15) is 30.8 Å². The van der Waals surface area contributed by atoms with Crippen LogP contribution < -0.4 is 5.32 Å². The van der Waals surface area contributed by atoms with Gasteiger partial charge in [0, 0.05) is 6.04 Å². The summed E-state index contributed by atoms with van der Waals surface area (Å²) in [4.78, 5) is 11.4. The first-order chi connectivity index (χ1) is 6.09. The summed E-state index contributed by atoms with van der Waals surface area (Å²) in [5.41, 5.74) is 0.266.